The van der Waals surface area contributed by atoms with Crippen LogP contribution in [-0.4, -0.2) is 41.1 Å². The van der Waals surface area contributed by atoms with Crippen molar-refractivity contribution >= 4 is 6.09 Å². The second-order valence-electron chi connectivity index (χ2n) is 7.42. The number of carbonyl (C=O) groups excluding carboxylic acids is 1. The van der Waals surface area contributed by atoms with Crippen molar-refractivity contribution in [1.29, 1.82) is 0 Å². The highest BCUT2D eigenvalue weighted by Crippen LogP contribution is 2.44. The molecule has 2 atom stereocenters. The maximum atomic E-state index is 12.7. The van der Waals surface area contributed by atoms with E-state index in [0.717, 1.165) is 31.6 Å². The third kappa shape index (κ3) is 3.43. The van der Waals surface area contributed by atoms with Crippen molar-refractivity contribution in [3.8, 4) is 12.3 Å². The third-order valence-electron chi connectivity index (χ3n) is 5.79. The van der Waals surface area contributed by atoms with Crippen molar-refractivity contribution in [3.63, 3.8) is 0 Å². The first kappa shape index (κ1) is 17.6. The monoisotopic (exact) mass is 360 g/mol. The van der Waals surface area contributed by atoms with Gasteiger partial charge in [0.05, 0.1) is 11.5 Å². The Balaban J connectivity index is 1.40. The minimum atomic E-state index is -0.280. The molecule has 27 heavy (non-hydrogen) atoms. The molecule has 0 saturated carbocycles. The summed E-state index contributed by atoms with van der Waals surface area (Å²) < 4.78 is 5.56. The van der Waals surface area contributed by atoms with Gasteiger partial charge in [-0.2, -0.15) is 0 Å². The molecular formula is C23H24N2O2. The maximum Gasteiger partial charge on any atom is 0.410 e. The smallest absolute Gasteiger partial charge is 0.410 e. The number of carbonyl (C=O) groups is 1. The molecule has 2 fully saturated rings. The zero-order valence-electron chi connectivity index (χ0n) is 15.4. The van der Waals surface area contributed by atoms with Gasteiger partial charge in [-0.1, -0.05) is 66.6 Å². The number of hydrogen-bond donors (Lipinski definition) is 0. The molecular weight excluding hydrogens is 336 g/mol. The molecule has 2 aliphatic rings. The van der Waals surface area contributed by atoms with Gasteiger partial charge >= 0.3 is 6.09 Å². The van der Waals surface area contributed by atoms with E-state index in [4.69, 9.17) is 11.2 Å². The first-order valence-corrected chi connectivity index (χ1v) is 9.42. The van der Waals surface area contributed by atoms with Gasteiger partial charge in [0.15, 0.2) is 0 Å². The number of terminal acetylenes is 1. The Labute approximate surface area is 160 Å². The number of amides is 1. The highest BCUT2D eigenvalue weighted by atomic mass is 16.6. The maximum absolute atomic E-state index is 12.7. The Bertz CT molecular complexity index is 830. The second-order valence-corrected chi connectivity index (χ2v) is 7.42. The highest BCUT2D eigenvalue weighted by Gasteiger charge is 2.58. The normalized spacial score (nSPS) is 24.4. The first-order valence-electron chi connectivity index (χ1n) is 9.42. The van der Waals surface area contributed by atoms with E-state index in [-0.39, 0.29) is 17.6 Å². The molecule has 2 aliphatic heterocycles. The van der Waals surface area contributed by atoms with Gasteiger partial charge in [-0.05, 0) is 17.5 Å². The van der Waals surface area contributed by atoms with Crippen LogP contribution in [0.3, 0.4) is 0 Å². The van der Waals surface area contributed by atoms with E-state index in [1.165, 1.54) is 5.56 Å². The van der Waals surface area contributed by atoms with Crippen molar-refractivity contribution in [2.45, 2.75) is 25.1 Å². The Morgan fingerprint density at radius 1 is 1.11 bits per heavy atom. The zero-order valence-corrected chi connectivity index (χ0v) is 15.4. The van der Waals surface area contributed by atoms with Gasteiger partial charge in [0, 0.05) is 26.2 Å². The van der Waals surface area contributed by atoms with Crippen LogP contribution < -0.4 is 0 Å². The summed E-state index contributed by atoms with van der Waals surface area (Å²) in [6.45, 7) is 3.50. The standard InChI is InChI=1S/C23H24N2O2/c1-2-21-16-25(22(26)27-17-20-11-7-4-8-12-20)23(21)13-14-24(18-23)15-19-9-5-3-6-10-19/h1,3-12,21H,13-18H2/t21-,23-/m0/s1. The van der Waals surface area contributed by atoms with Crippen molar-refractivity contribution in [3.05, 3.63) is 71.8 Å². The molecule has 138 valence electrons. The van der Waals surface area contributed by atoms with Crippen molar-refractivity contribution in [2.24, 2.45) is 5.92 Å². The lowest BCUT2D eigenvalue weighted by atomic mass is 9.74. The molecule has 2 aromatic rings. The largest absolute Gasteiger partial charge is 0.445 e. The minimum absolute atomic E-state index is 0.0996. The topological polar surface area (TPSA) is 32.8 Å². The molecule has 2 saturated heterocycles. The fourth-order valence-corrected chi connectivity index (χ4v) is 4.25. The predicted octanol–water partition coefficient (Wildman–Crippen LogP) is 3.53. The van der Waals surface area contributed by atoms with Gasteiger partial charge in [0.2, 0.25) is 0 Å². The third-order valence-corrected chi connectivity index (χ3v) is 5.79. The van der Waals surface area contributed by atoms with Crippen LogP contribution >= 0.6 is 0 Å². The quantitative estimate of drug-likeness (QED) is 0.782. The van der Waals surface area contributed by atoms with Gasteiger partial charge in [0.25, 0.3) is 0 Å². The summed E-state index contributed by atoms with van der Waals surface area (Å²) in [5.74, 6) is 3.00. The molecule has 1 spiro atoms. The van der Waals surface area contributed by atoms with Crippen LogP contribution in [0.1, 0.15) is 17.5 Å². The van der Waals surface area contributed by atoms with Crippen molar-refractivity contribution in [1.82, 2.24) is 9.80 Å². The van der Waals surface area contributed by atoms with Gasteiger partial charge in [0.1, 0.15) is 6.61 Å². The summed E-state index contributed by atoms with van der Waals surface area (Å²) in [4.78, 5) is 16.9. The van der Waals surface area contributed by atoms with E-state index in [9.17, 15) is 4.79 Å². The number of rotatable bonds is 4. The molecule has 0 radical (unpaired) electrons. The summed E-state index contributed by atoms with van der Waals surface area (Å²) in [6.07, 6.45) is 6.41. The van der Waals surface area contributed by atoms with Gasteiger partial charge in [-0.25, -0.2) is 4.79 Å². The van der Waals surface area contributed by atoms with Crippen LogP contribution in [0.15, 0.2) is 60.7 Å². The first-order chi connectivity index (χ1) is 13.2. The molecule has 2 heterocycles. The molecule has 0 unspecified atom stereocenters. The SMILES string of the molecule is C#C[C@H]1CN(C(=O)OCc2ccccc2)[C@]12CCN(Cc1ccccc1)C2. The van der Waals surface area contributed by atoms with Crippen LogP contribution in [0, 0.1) is 18.3 Å². The van der Waals surface area contributed by atoms with Gasteiger partial charge < -0.3 is 4.74 Å². The molecule has 0 N–H and O–H groups in total. The zero-order chi connectivity index (χ0) is 18.7. The lowest BCUT2D eigenvalue weighted by molar-refractivity contribution is -0.0418. The average Bonchev–Trinajstić information content (AvgIpc) is 3.14. The average molecular weight is 360 g/mol. The summed E-state index contributed by atoms with van der Waals surface area (Å²) in [7, 11) is 0. The second kappa shape index (κ2) is 7.46. The van der Waals surface area contributed by atoms with Crippen LogP contribution in [-0.2, 0) is 17.9 Å². The lowest BCUT2D eigenvalue weighted by Crippen LogP contribution is -2.69. The Morgan fingerprint density at radius 3 is 2.44 bits per heavy atom. The molecule has 0 bridgehead atoms. The van der Waals surface area contributed by atoms with E-state index in [2.05, 4.69) is 35.1 Å². The molecule has 0 aliphatic carbocycles. The van der Waals surface area contributed by atoms with Crippen LogP contribution in [0.4, 0.5) is 4.79 Å². The van der Waals surface area contributed by atoms with E-state index in [1.54, 1.807) is 0 Å². The van der Waals surface area contributed by atoms with Crippen LogP contribution in [0.2, 0.25) is 0 Å². The van der Waals surface area contributed by atoms with Crippen LogP contribution in [0.5, 0.6) is 0 Å². The lowest BCUT2D eigenvalue weighted by Gasteiger charge is -2.54. The van der Waals surface area contributed by atoms with Crippen LogP contribution in [0.25, 0.3) is 0 Å². The van der Waals surface area contributed by atoms with E-state index in [0.29, 0.717) is 13.2 Å². The number of likely N-dealkylation sites (tertiary alicyclic amines) is 2. The summed E-state index contributed by atoms with van der Waals surface area (Å²) in [5, 5.41) is 0. The molecule has 2 aromatic carbocycles. The number of hydrogen-bond acceptors (Lipinski definition) is 3. The van der Waals surface area contributed by atoms with Gasteiger partial charge in [-0.3, -0.25) is 9.80 Å². The predicted molar refractivity (Wildman–Crippen MR) is 105 cm³/mol. The Kier molecular flexibility index (Phi) is 4.87. The van der Waals surface area contributed by atoms with E-state index < -0.39 is 0 Å². The fraction of sp³-hybridized carbons (Fsp3) is 0.348. The molecule has 4 rings (SSSR count). The van der Waals surface area contributed by atoms with Gasteiger partial charge in [-0.15, -0.1) is 6.42 Å². The highest BCUT2D eigenvalue weighted by molar-refractivity contribution is 5.71. The van der Waals surface area contributed by atoms with E-state index >= 15 is 0 Å². The van der Waals surface area contributed by atoms with Crippen molar-refractivity contribution in [2.75, 3.05) is 19.6 Å². The molecule has 4 nitrogen and oxygen atoms in total. The fourth-order valence-electron chi connectivity index (χ4n) is 4.25. The molecule has 1 amide bonds. The number of nitrogens with zero attached hydrogens (tertiary/aromatic N) is 2. The summed E-state index contributed by atoms with van der Waals surface area (Å²) in [5.41, 5.74) is 1.99. The van der Waals surface area contributed by atoms with Crippen molar-refractivity contribution < 1.29 is 9.53 Å². The Morgan fingerprint density at radius 2 is 1.78 bits per heavy atom. The Hall–Kier alpha value is -2.77. The number of ether oxygens (including phenoxy) is 1. The molecule has 4 heteroatoms. The molecule has 0 aromatic heterocycles. The van der Waals surface area contributed by atoms with E-state index in [1.807, 2.05) is 41.3 Å². The number of benzene rings is 2. The summed E-state index contributed by atoms with van der Waals surface area (Å²) >= 11 is 0. The summed E-state index contributed by atoms with van der Waals surface area (Å²) in [6, 6.07) is 20.2. The minimum Gasteiger partial charge on any atom is -0.445 e.